The van der Waals surface area contributed by atoms with Gasteiger partial charge in [-0.3, -0.25) is 9.59 Å². The fourth-order valence-corrected chi connectivity index (χ4v) is 2.92. The summed E-state index contributed by atoms with van der Waals surface area (Å²) in [6.07, 6.45) is 3.01. The maximum Gasteiger partial charge on any atom is 0.329 e. The second-order valence-electron chi connectivity index (χ2n) is 6.32. The number of furan rings is 1. The maximum absolute atomic E-state index is 11.8. The van der Waals surface area contributed by atoms with Gasteiger partial charge in [-0.1, -0.05) is 0 Å². The second kappa shape index (κ2) is 8.92. The number of ether oxygens (including phenoxy) is 1. The van der Waals surface area contributed by atoms with E-state index in [0.29, 0.717) is 5.76 Å². The highest BCUT2D eigenvalue weighted by Gasteiger charge is 2.13. The zero-order valence-corrected chi connectivity index (χ0v) is 16.4. The number of nitrogens with zero attached hydrogens (tertiary/aromatic N) is 2. The van der Waals surface area contributed by atoms with E-state index in [9.17, 15) is 9.59 Å². The number of aryl methyl sites for hydroxylation is 1. The minimum Gasteiger partial charge on any atom is -0.497 e. The van der Waals surface area contributed by atoms with Crippen molar-refractivity contribution in [3.05, 3.63) is 71.4 Å². The molecule has 29 heavy (non-hydrogen) atoms. The van der Waals surface area contributed by atoms with E-state index in [1.807, 2.05) is 44.2 Å². The van der Waals surface area contributed by atoms with Crippen molar-refractivity contribution >= 4 is 18.0 Å². The monoisotopic (exact) mass is 394 g/mol. The highest BCUT2D eigenvalue weighted by Crippen LogP contribution is 2.21. The SMILES string of the molecule is COc1ccc(-n2c(C)cc(/C=N\NC(=O)C(=O)NCc3ccco3)c2C)cc1. The highest BCUT2D eigenvalue weighted by molar-refractivity contribution is 6.35. The quantitative estimate of drug-likeness (QED) is 0.381. The molecule has 2 aromatic heterocycles. The zero-order valence-electron chi connectivity index (χ0n) is 16.4. The Bertz CT molecular complexity index is 1020. The second-order valence-corrected chi connectivity index (χ2v) is 6.32. The number of hydrogen-bond donors (Lipinski definition) is 2. The predicted octanol–water partition coefficient (Wildman–Crippen LogP) is 2.46. The Morgan fingerprint density at radius 1 is 1.17 bits per heavy atom. The number of carbonyl (C=O) groups is 2. The van der Waals surface area contributed by atoms with Gasteiger partial charge in [0.05, 0.1) is 26.1 Å². The van der Waals surface area contributed by atoms with Crippen LogP contribution in [0.25, 0.3) is 5.69 Å². The van der Waals surface area contributed by atoms with Crippen LogP contribution in [0.15, 0.2) is 58.2 Å². The molecule has 0 atom stereocenters. The number of benzene rings is 1. The fourth-order valence-electron chi connectivity index (χ4n) is 2.92. The molecule has 0 aliphatic rings. The van der Waals surface area contributed by atoms with Crippen LogP contribution in [0.5, 0.6) is 5.75 Å². The highest BCUT2D eigenvalue weighted by atomic mass is 16.5. The summed E-state index contributed by atoms with van der Waals surface area (Å²) in [6.45, 7) is 4.07. The van der Waals surface area contributed by atoms with Crippen LogP contribution in [-0.4, -0.2) is 29.7 Å². The Morgan fingerprint density at radius 3 is 2.59 bits per heavy atom. The lowest BCUT2D eigenvalue weighted by Gasteiger charge is -2.10. The van der Waals surface area contributed by atoms with Gasteiger partial charge in [-0.15, -0.1) is 0 Å². The number of rotatable bonds is 6. The number of hydrogen-bond acceptors (Lipinski definition) is 5. The van der Waals surface area contributed by atoms with Crippen LogP contribution in [0.4, 0.5) is 0 Å². The molecule has 2 amide bonds. The first-order valence-electron chi connectivity index (χ1n) is 8.96. The van der Waals surface area contributed by atoms with E-state index < -0.39 is 11.8 Å². The lowest BCUT2D eigenvalue weighted by molar-refractivity contribution is -0.139. The lowest BCUT2D eigenvalue weighted by atomic mass is 10.2. The van der Waals surface area contributed by atoms with E-state index in [-0.39, 0.29) is 6.54 Å². The molecule has 2 N–H and O–H groups in total. The van der Waals surface area contributed by atoms with Gasteiger partial charge in [0.25, 0.3) is 0 Å². The zero-order chi connectivity index (χ0) is 20.8. The molecule has 8 heteroatoms. The first-order chi connectivity index (χ1) is 14.0. The van der Waals surface area contributed by atoms with Crippen LogP contribution in [0, 0.1) is 13.8 Å². The third-order valence-corrected chi connectivity index (χ3v) is 4.38. The summed E-state index contributed by atoms with van der Waals surface area (Å²) < 4.78 is 12.4. The van der Waals surface area contributed by atoms with Crippen molar-refractivity contribution in [3.63, 3.8) is 0 Å². The van der Waals surface area contributed by atoms with Crippen LogP contribution in [0.1, 0.15) is 22.7 Å². The van der Waals surface area contributed by atoms with Gasteiger partial charge in [-0.25, -0.2) is 5.43 Å². The van der Waals surface area contributed by atoms with E-state index in [1.54, 1.807) is 19.2 Å². The number of hydrazone groups is 1. The summed E-state index contributed by atoms with van der Waals surface area (Å²) in [4.78, 5) is 23.6. The molecule has 3 aromatic rings. The Kier molecular flexibility index (Phi) is 6.13. The van der Waals surface area contributed by atoms with Crippen molar-refractivity contribution in [1.29, 1.82) is 0 Å². The molecule has 0 fully saturated rings. The molecule has 0 aliphatic carbocycles. The molecule has 8 nitrogen and oxygen atoms in total. The van der Waals surface area contributed by atoms with Crippen molar-refractivity contribution in [2.45, 2.75) is 20.4 Å². The summed E-state index contributed by atoms with van der Waals surface area (Å²) in [5.41, 5.74) is 6.01. The number of carbonyl (C=O) groups excluding carboxylic acids is 2. The van der Waals surface area contributed by atoms with Crippen LogP contribution >= 0.6 is 0 Å². The van der Waals surface area contributed by atoms with Crippen molar-refractivity contribution < 1.29 is 18.7 Å². The molecular weight excluding hydrogens is 372 g/mol. The minimum absolute atomic E-state index is 0.131. The Morgan fingerprint density at radius 2 is 1.93 bits per heavy atom. The molecule has 150 valence electrons. The Balaban J connectivity index is 1.63. The molecule has 0 unspecified atom stereocenters. The summed E-state index contributed by atoms with van der Waals surface area (Å²) in [5, 5.41) is 6.36. The van der Waals surface area contributed by atoms with E-state index in [1.165, 1.54) is 12.5 Å². The molecule has 0 aliphatic heterocycles. The molecule has 0 saturated carbocycles. The van der Waals surface area contributed by atoms with E-state index in [4.69, 9.17) is 9.15 Å². The number of aromatic nitrogens is 1. The van der Waals surface area contributed by atoms with E-state index >= 15 is 0 Å². The van der Waals surface area contributed by atoms with Crippen molar-refractivity contribution in [3.8, 4) is 11.4 Å². The molecule has 3 rings (SSSR count). The molecular formula is C21H22N4O4. The first kappa shape index (κ1) is 19.9. The van der Waals surface area contributed by atoms with Gasteiger partial charge in [0.15, 0.2) is 0 Å². The minimum atomic E-state index is -0.850. The smallest absolute Gasteiger partial charge is 0.329 e. The molecule has 0 spiro atoms. The summed E-state index contributed by atoms with van der Waals surface area (Å²) in [5.74, 6) is -0.300. The van der Waals surface area contributed by atoms with Gasteiger partial charge in [0.1, 0.15) is 11.5 Å². The van der Waals surface area contributed by atoms with Crippen LogP contribution in [-0.2, 0) is 16.1 Å². The number of amides is 2. The van der Waals surface area contributed by atoms with Crippen LogP contribution in [0.3, 0.4) is 0 Å². The average molecular weight is 394 g/mol. The standard InChI is InChI=1S/C21H22N4O4/c1-14-11-16(15(2)25(14)17-6-8-18(28-3)9-7-17)12-23-24-21(27)20(26)22-13-19-5-4-10-29-19/h4-12H,13H2,1-3H3,(H,22,26)(H,24,27)/b23-12-. The summed E-state index contributed by atoms with van der Waals surface area (Å²) in [7, 11) is 1.63. The predicted molar refractivity (Wildman–Crippen MR) is 108 cm³/mol. The van der Waals surface area contributed by atoms with E-state index in [0.717, 1.165) is 28.4 Å². The topological polar surface area (TPSA) is 97.9 Å². The van der Waals surface area contributed by atoms with Gasteiger partial charge in [-0.2, -0.15) is 5.10 Å². The van der Waals surface area contributed by atoms with Gasteiger partial charge >= 0.3 is 11.8 Å². The normalized spacial score (nSPS) is 10.9. The molecule has 0 saturated heterocycles. The van der Waals surface area contributed by atoms with Gasteiger partial charge in [0, 0.05) is 22.6 Å². The van der Waals surface area contributed by atoms with Gasteiger partial charge in [0.2, 0.25) is 0 Å². The third kappa shape index (κ3) is 4.73. The Hall–Kier alpha value is -3.81. The summed E-state index contributed by atoms with van der Waals surface area (Å²) in [6, 6.07) is 13.1. The lowest BCUT2D eigenvalue weighted by Crippen LogP contribution is -2.37. The number of methoxy groups -OCH3 is 1. The fraction of sp³-hybridized carbons (Fsp3) is 0.190. The molecule has 0 radical (unpaired) electrons. The third-order valence-electron chi connectivity index (χ3n) is 4.38. The molecule has 0 bridgehead atoms. The van der Waals surface area contributed by atoms with Crippen molar-refractivity contribution in [2.24, 2.45) is 5.10 Å². The van der Waals surface area contributed by atoms with Crippen molar-refractivity contribution in [2.75, 3.05) is 7.11 Å². The number of nitrogens with one attached hydrogen (secondary N) is 2. The van der Waals surface area contributed by atoms with Crippen LogP contribution < -0.4 is 15.5 Å². The van der Waals surface area contributed by atoms with Crippen molar-refractivity contribution in [1.82, 2.24) is 15.3 Å². The Labute approximate surface area is 168 Å². The largest absolute Gasteiger partial charge is 0.497 e. The van der Waals surface area contributed by atoms with Gasteiger partial charge < -0.3 is 19.0 Å². The first-order valence-corrected chi connectivity index (χ1v) is 8.96. The maximum atomic E-state index is 11.8. The summed E-state index contributed by atoms with van der Waals surface area (Å²) >= 11 is 0. The molecule has 1 aromatic carbocycles. The van der Waals surface area contributed by atoms with Crippen LogP contribution in [0.2, 0.25) is 0 Å². The average Bonchev–Trinajstić information content (AvgIpc) is 3.34. The van der Waals surface area contributed by atoms with Gasteiger partial charge in [-0.05, 0) is 56.3 Å². The molecule has 2 heterocycles. The van der Waals surface area contributed by atoms with E-state index in [2.05, 4.69) is 20.4 Å².